The Morgan fingerprint density at radius 2 is 1.90 bits per heavy atom. The summed E-state index contributed by atoms with van der Waals surface area (Å²) < 4.78 is 0. The number of nitrogens with zero attached hydrogens (tertiary/aromatic N) is 1. The van der Waals surface area contributed by atoms with Gasteiger partial charge in [0.05, 0.1) is 6.04 Å². The molecule has 2 atom stereocenters. The minimum absolute atomic E-state index is 0.0503. The van der Waals surface area contributed by atoms with Crippen LogP contribution in [0.2, 0.25) is 0 Å². The van der Waals surface area contributed by atoms with E-state index in [0.717, 1.165) is 6.54 Å². The van der Waals surface area contributed by atoms with E-state index in [1.54, 1.807) is 0 Å². The number of carbonyl (C=O) groups is 1. The minimum atomic E-state index is -0.0696. The van der Waals surface area contributed by atoms with Crippen LogP contribution in [0, 0.1) is 5.92 Å². The maximum atomic E-state index is 12.4. The molecule has 1 amide bonds. The Balaban J connectivity index is 1.79. The van der Waals surface area contributed by atoms with Crippen LogP contribution in [-0.2, 0) is 4.79 Å². The molecular formula is C18H26N2O. The first-order valence-corrected chi connectivity index (χ1v) is 8.22. The van der Waals surface area contributed by atoms with E-state index in [1.165, 1.54) is 30.4 Å². The average Bonchev–Trinajstić information content (AvgIpc) is 2.70. The van der Waals surface area contributed by atoms with Gasteiger partial charge in [-0.05, 0) is 42.7 Å². The lowest BCUT2D eigenvalue weighted by molar-refractivity contribution is -0.130. The van der Waals surface area contributed by atoms with Crippen molar-refractivity contribution in [2.24, 2.45) is 5.92 Å². The predicted octanol–water partition coefficient (Wildman–Crippen LogP) is 3.43. The molecule has 1 aromatic rings. The fourth-order valence-corrected chi connectivity index (χ4v) is 3.26. The maximum Gasteiger partial charge on any atom is 0.241 e. The van der Waals surface area contributed by atoms with Gasteiger partial charge in [0.25, 0.3) is 0 Å². The molecule has 1 aliphatic heterocycles. The van der Waals surface area contributed by atoms with Gasteiger partial charge in [0, 0.05) is 6.54 Å². The molecular weight excluding hydrogens is 260 g/mol. The number of nitrogens with one attached hydrogen (secondary N) is 1. The number of hydrogen-bond donors (Lipinski definition) is 1. The van der Waals surface area contributed by atoms with Crippen LogP contribution in [0.3, 0.4) is 0 Å². The van der Waals surface area contributed by atoms with Crippen LogP contribution in [-0.4, -0.2) is 23.4 Å². The summed E-state index contributed by atoms with van der Waals surface area (Å²) in [4.78, 5) is 14.5. The third-order valence-electron chi connectivity index (χ3n) is 4.97. The van der Waals surface area contributed by atoms with E-state index in [4.69, 9.17) is 0 Å². The third kappa shape index (κ3) is 2.84. The van der Waals surface area contributed by atoms with Gasteiger partial charge in [-0.15, -0.1) is 0 Å². The van der Waals surface area contributed by atoms with Crippen LogP contribution < -0.4 is 5.32 Å². The van der Waals surface area contributed by atoms with E-state index in [-0.39, 0.29) is 18.1 Å². The maximum absolute atomic E-state index is 12.4. The quantitative estimate of drug-likeness (QED) is 0.919. The molecule has 1 aromatic carbocycles. The number of amides is 1. The highest BCUT2D eigenvalue weighted by atomic mass is 16.2. The zero-order valence-corrected chi connectivity index (χ0v) is 13.3. The molecule has 0 bridgehead atoms. The molecule has 1 N–H and O–H groups in total. The SMILES string of the molecule is CC1NC(c2ccc(C(C)C)cc2)N(CC2CCC2)C1=O. The van der Waals surface area contributed by atoms with Crippen LogP contribution in [0.15, 0.2) is 24.3 Å². The van der Waals surface area contributed by atoms with Crippen molar-refractivity contribution in [3.05, 3.63) is 35.4 Å². The summed E-state index contributed by atoms with van der Waals surface area (Å²) in [5, 5.41) is 3.45. The molecule has 1 saturated heterocycles. The molecule has 114 valence electrons. The summed E-state index contributed by atoms with van der Waals surface area (Å²) in [7, 11) is 0. The second kappa shape index (κ2) is 5.80. The highest BCUT2D eigenvalue weighted by Gasteiger charge is 2.38. The van der Waals surface area contributed by atoms with Crippen LogP contribution in [0.25, 0.3) is 0 Å². The summed E-state index contributed by atoms with van der Waals surface area (Å²) in [5.41, 5.74) is 2.55. The first kappa shape index (κ1) is 14.6. The summed E-state index contributed by atoms with van der Waals surface area (Å²) in [6, 6.07) is 8.66. The van der Waals surface area contributed by atoms with Crippen LogP contribution in [0.1, 0.15) is 63.2 Å². The highest BCUT2D eigenvalue weighted by Crippen LogP contribution is 2.33. The van der Waals surface area contributed by atoms with Gasteiger partial charge in [-0.3, -0.25) is 10.1 Å². The second-order valence-electron chi connectivity index (χ2n) is 6.90. The van der Waals surface area contributed by atoms with E-state index in [9.17, 15) is 4.79 Å². The first-order chi connectivity index (χ1) is 10.1. The second-order valence-corrected chi connectivity index (χ2v) is 6.90. The molecule has 3 nitrogen and oxygen atoms in total. The molecule has 21 heavy (non-hydrogen) atoms. The molecule has 0 aromatic heterocycles. The lowest BCUT2D eigenvalue weighted by Gasteiger charge is -2.33. The van der Waals surface area contributed by atoms with Crippen LogP contribution >= 0.6 is 0 Å². The summed E-state index contributed by atoms with van der Waals surface area (Å²) in [5.74, 6) is 1.50. The Kier molecular flexibility index (Phi) is 4.03. The molecule has 1 aliphatic carbocycles. The van der Waals surface area contributed by atoms with Crippen LogP contribution in [0.5, 0.6) is 0 Å². The number of benzene rings is 1. The Morgan fingerprint density at radius 3 is 2.43 bits per heavy atom. The van der Waals surface area contributed by atoms with E-state index in [1.807, 2.05) is 6.92 Å². The number of rotatable bonds is 4. The largest absolute Gasteiger partial charge is 0.321 e. The van der Waals surface area contributed by atoms with Crippen molar-refractivity contribution < 1.29 is 4.79 Å². The molecule has 0 spiro atoms. The Morgan fingerprint density at radius 1 is 1.24 bits per heavy atom. The van der Waals surface area contributed by atoms with Gasteiger partial charge in [0.1, 0.15) is 6.17 Å². The lowest BCUT2D eigenvalue weighted by Crippen LogP contribution is -2.37. The monoisotopic (exact) mass is 286 g/mol. The lowest BCUT2D eigenvalue weighted by atomic mass is 9.85. The normalized spacial score (nSPS) is 26.5. The highest BCUT2D eigenvalue weighted by molar-refractivity contribution is 5.84. The Hall–Kier alpha value is -1.35. The molecule has 2 unspecified atom stereocenters. The third-order valence-corrected chi connectivity index (χ3v) is 4.97. The molecule has 0 radical (unpaired) electrons. The summed E-state index contributed by atoms with van der Waals surface area (Å²) in [6.45, 7) is 7.29. The minimum Gasteiger partial charge on any atom is -0.321 e. The summed E-state index contributed by atoms with van der Waals surface area (Å²) >= 11 is 0. The Bertz CT molecular complexity index is 504. The van der Waals surface area contributed by atoms with Gasteiger partial charge in [-0.25, -0.2) is 0 Å². The van der Waals surface area contributed by atoms with Crippen molar-refractivity contribution in [3.8, 4) is 0 Å². The number of carbonyl (C=O) groups excluding carboxylic acids is 1. The van der Waals surface area contributed by atoms with Gasteiger partial charge in [0.2, 0.25) is 5.91 Å². The van der Waals surface area contributed by atoms with Crippen molar-refractivity contribution in [2.45, 2.75) is 58.2 Å². The molecule has 3 heteroatoms. The van der Waals surface area contributed by atoms with E-state index in [0.29, 0.717) is 11.8 Å². The van der Waals surface area contributed by atoms with E-state index < -0.39 is 0 Å². The smallest absolute Gasteiger partial charge is 0.241 e. The van der Waals surface area contributed by atoms with Crippen molar-refractivity contribution in [2.75, 3.05) is 6.54 Å². The van der Waals surface area contributed by atoms with Crippen molar-refractivity contribution in [3.63, 3.8) is 0 Å². The van der Waals surface area contributed by atoms with Gasteiger partial charge >= 0.3 is 0 Å². The van der Waals surface area contributed by atoms with Crippen molar-refractivity contribution >= 4 is 5.91 Å². The van der Waals surface area contributed by atoms with Crippen molar-refractivity contribution in [1.82, 2.24) is 10.2 Å². The van der Waals surface area contributed by atoms with Gasteiger partial charge in [-0.1, -0.05) is 44.5 Å². The van der Waals surface area contributed by atoms with E-state index >= 15 is 0 Å². The van der Waals surface area contributed by atoms with Crippen LogP contribution in [0.4, 0.5) is 0 Å². The topological polar surface area (TPSA) is 32.3 Å². The summed E-state index contributed by atoms with van der Waals surface area (Å²) in [6.07, 6.45) is 3.92. The molecule has 1 heterocycles. The molecule has 1 saturated carbocycles. The fourth-order valence-electron chi connectivity index (χ4n) is 3.26. The van der Waals surface area contributed by atoms with Gasteiger partial charge < -0.3 is 4.90 Å². The van der Waals surface area contributed by atoms with Gasteiger partial charge in [0.15, 0.2) is 0 Å². The molecule has 2 fully saturated rings. The Labute approximate surface area is 127 Å². The zero-order chi connectivity index (χ0) is 15.0. The first-order valence-electron chi connectivity index (χ1n) is 8.22. The van der Waals surface area contributed by atoms with Crippen molar-refractivity contribution in [1.29, 1.82) is 0 Å². The molecule has 3 rings (SSSR count). The van der Waals surface area contributed by atoms with E-state index in [2.05, 4.69) is 48.3 Å². The standard InChI is InChI=1S/C18H26N2O/c1-12(2)15-7-9-16(10-8-15)17-19-13(3)18(21)20(17)11-14-5-4-6-14/h7-10,12-14,17,19H,4-6,11H2,1-3H3. The predicted molar refractivity (Wildman–Crippen MR) is 84.9 cm³/mol. The molecule has 2 aliphatic rings. The van der Waals surface area contributed by atoms with Gasteiger partial charge in [-0.2, -0.15) is 0 Å². The number of hydrogen-bond acceptors (Lipinski definition) is 2. The fraction of sp³-hybridized carbons (Fsp3) is 0.611. The zero-order valence-electron chi connectivity index (χ0n) is 13.3. The average molecular weight is 286 g/mol.